The maximum atomic E-state index is 11.0. The van der Waals surface area contributed by atoms with Gasteiger partial charge in [-0.1, -0.05) is 13.8 Å². The van der Waals surface area contributed by atoms with E-state index in [1.807, 2.05) is 13.8 Å². The van der Waals surface area contributed by atoms with Gasteiger partial charge in [-0.05, 0) is 32.0 Å². The Bertz CT molecular complexity index is 543. The summed E-state index contributed by atoms with van der Waals surface area (Å²) in [6, 6.07) is 4.71. The SMILES string of the molecule is CCN(CC)C[C@H](O)COc1cc([N+](=O)[O-])ccc1N1CCCC1. The topological polar surface area (TPSA) is 79.1 Å². The van der Waals surface area contributed by atoms with Gasteiger partial charge in [0.15, 0.2) is 0 Å². The maximum absolute atomic E-state index is 11.0. The molecular formula is C17H27N3O4. The molecule has 7 nitrogen and oxygen atoms in total. The second-order valence-corrected chi connectivity index (χ2v) is 6.05. The molecule has 0 aromatic heterocycles. The van der Waals surface area contributed by atoms with Crippen LogP contribution >= 0.6 is 0 Å². The molecule has 1 aromatic rings. The van der Waals surface area contributed by atoms with Crippen molar-refractivity contribution >= 4 is 11.4 Å². The summed E-state index contributed by atoms with van der Waals surface area (Å²) in [4.78, 5) is 14.9. The quantitative estimate of drug-likeness (QED) is 0.550. The zero-order chi connectivity index (χ0) is 17.5. The van der Waals surface area contributed by atoms with Gasteiger partial charge in [0, 0.05) is 25.7 Å². The summed E-state index contributed by atoms with van der Waals surface area (Å²) in [5.41, 5.74) is 0.874. The van der Waals surface area contributed by atoms with Crippen molar-refractivity contribution in [3.05, 3.63) is 28.3 Å². The number of nitro groups is 1. The van der Waals surface area contributed by atoms with Gasteiger partial charge in [-0.15, -0.1) is 0 Å². The molecule has 1 N–H and O–H groups in total. The first-order chi connectivity index (χ1) is 11.5. The van der Waals surface area contributed by atoms with Gasteiger partial charge in [-0.25, -0.2) is 0 Å². The van der Waals surface area contributed by atoms with E-state index < -0.39 is 11.0 Å². The predicted molar refractivity (Wildman–Crippen MR) is 93.8 cm³/mol. The number of hydrogen-bond acceptors (Lipinski definition) is 6. The van der Waals surface area contributed by atoms with Crippen LogP contribution in [0.4, 0.5) is 11.4 Å². The Balaban J connectivity index is 2.08. The van der Waals surface area contributed by atoms with Crippen LogP contribution in [-0.2, 0) is 0 Å². The number of benzene rings is 1. The second-order valence-electron chi connectivity index (χ2n) is 6.05. The lowest BCUT2D eigenvalue weighted by atomic mass is 10.2. The Kier molecular flexibility index (Phi) is 6.81. The molecule has 1 fully saturated rings. The van der Waals surface area contributed by atoms with E-state index in [-0.39, 0.29) is 12.3 Å². The number of rotatable bonds is 9. The number of anilines is 1. The lowest BCUT2D eigenvalue weighted by molar-refractivity contribution is -0.384. The lowest BCUT2D eigenvalue weighted by Crippen LogP contribution is -2.35. The van der Waals surface area contributed by atoms with Crippen LogP contribution in [0.25, 0.3) is 0 Å². The van der Waals surface area contributed by atoms with E-state index >= 15 is 0 Å². The van der Waals surface area contributed by atoms with Crippen LogP contribution in [0.2, 0.25) is 0 Å². The Labute approximate surface area is 143 Å². The van der Waals surface area contributed by atoms with Crippen LogP contribution in [0.15, 0.2) is 18.2 Å². The molecule has 2 rings (SSSR count). The fourth-order valence-corrected chi connectivity index (χ4v) is 2.97. The molecule has 1 aliphatic rings. The molecule has 0 unspecified atom stereocenters. The van der Waals surface area contributed by atoms with E-state index in [2.05, 4.69) is 9.80 Å². The number of nitro benzene ring substituents is 1. The molecule has 134 valence electrons. The van der Waals surface area contributed by atoms with Crippen molar-refractivity contribution < 1.29 is 14.8 Å². The van der Waals surface area contributed by atoms with Crippen molar-refractivity contribution in [3.8, 4) is 5.75 Å². The van der Waals surface area contributed by atoms with Crippen molar-refractivity contribution in [2.24, 2.45) is 0 Å². The molecule has 0 bridgehead atoms. The maximum Gasteiger partial charge on any atom is 0.273 e. The van der Waals surface area contributed by atoms with Crippen molar-refractivity contribution in [3.63, 3.8) is 0 Å². The number of hydrogen-bond donors (Lipinski definition) is 1. The summed E-state index contributed by atoms with van der Waals surface area (Å²) in [5.74, 6) is 0.477. The molecule has 24 heavy (non-hydrogen) atoms. The number of likely N-dealkylation sites (N-methyl/N-ethyl adjacent to an activating group) is 1. The minimum Gasteiger partial charge on any atom is -0.488 e. The summed E-state index contributed by atoms with van der Waals surface area (Å²) >= 11 is 0. The molecule has 0 amide bonds. The Morgan fingerprint density at radius 2 is 2.00 bits per heavy atom. The van der Waals surface area contributed by atoms with Gasteiger partial charge in [0.25, 0.3) is 5.69 Å². The highest BCUT2D eigenvalue weighted by Crippen LogP contribution is 2.34. The molecule has 0 spiro atoms. The third-order valence-corrected chi connectivity index (χ3v) is 4.40. The summed E-state index contributed by atoms with van der Waals surface area (Å²) in [6.45, 7) is 8.32. The molecule has 1 aromatic carbocycles. The number of aliphatic hydroxyl groups is 1. The van der Waals surface area contributed by atoms with Crippen LogP contribution in [0.3, 0.4) is 0 Å². The van der Waals surface area contributed by atoms with Crippen molar-refractivity contribution in [1.29, 1.82) is 0 Å². The Hall–Kier alpha value is -1.86. The highest BCUT2D eigenvalue weighted by atomic mass is 16.6. The van der Waals surface area contributed by atoms with E-state index in [0.29, 0.717) is 12.3 Å². The van der Waals surface area contributed by atoms with E-state index in [0.717, 1.165) is 44.7 Å². The average Bonchev–Trinajstić information content (AvgIpc) is 3.11. The third-order valence-electron chi connectivity index (χ3n) is 4.40. The smallest absolute Gasteiger partial charge is 0.273 e. The first kappa shape index (κ1) is 18.5. The number of aliphatic hydroxyl groups excluding tert-OH is 1. The number of ether oxygens (including phenoxy) is 1. The molecular weight excluding hydrogens is 310 g/mol. The van der Waals surface area contributed by atoms with Gasteiger partial charge < -0.3 is 19.6 Å². The number of non-ortho nitro benzene ring substituents is 1. The van der Waals surface area contributed by atoms with Crippen LogP contribution in [-0.4, -0.2) is 60.4 Å². The van der Waals surface area contributed by atoms with Crippen molar-refractivity contribution in [2.75, 3.05) is 44.2 Å². The molecule has 1 heterocycles. The van der Waals surface area contributed by atoms with Crippen LogP contribution in [0.1, 0.15) is 26.7 Å². The molecule has 0 aliphatic carbocycles. The van der Waals surface area contributed by atoms with E-state index in [9.17, 15) is 15.2 Å². The van der Waals surface area contributed by atoms with Gasteiger partial charge in [0.1, 0.15) is 18.5 Å². The molecule has 7 heteroatoms. The summed E-state index contributed by atoms with van der Waals surface area (Å²) in [5, 5.41) is 21.2. The van der Waals surface area contributed by atoms with Crippen LogP contribution in [0, 0.1) is 10.1 Å². The molecule has 1 aliphatic heterocycles. The van der Waals surface area contributed by atoms with E-state index in [4.69, 9.17) is 4.74 Å². The predicted octanol–water partition coefficient (Wildman–Crippen LogP) is 2.28. The lowest BCUT2D eigenvalue weighted by Gasteiger charge is -2.24. The first-order valence-electron chi connectivity index (χ1n) is 8.61. The van der Waals surface area contributed by atoms with Gasteiger partial charge in [-0.2, -0.15) is 0 Å². The van der Waals surface area contributed by atoms with Crippen molar-refractivity contribution in [1.82, 2.24) is 4.90 Å². The Morgan fingerprint density at radius 3 is 2.58 bits per heavy atom. The molecule has 1 saturated heterocycles. The minimum atomic E-state index is -0.629. The summed E-state index contributed by atoms with van der Waals surface area (Å²) in [7, 11) is 0. The third kappa shape index (κ3) is 4.82. The standard InChI is InChI=1S/C17H27N3O4/c1-3-18(4-2)12-15(21)13-24-17-11-14(20(22)23)7-8-16(17)19-9-5-6-10-19/h7-8,11,15,21H,3-6,9-10,12-13H2,1-2H3/t15-/m0/s1. The zero-order valence-electron chi connectivity index (χ0n) is 14.5. The highest BCUT2D eigenvalue weighted by molar-refractivity contribution is 5.62. The fourth-order valence-electron chi connectivity index (χ4n) is 2.97. The van der Waals surface area contributed by atoms with E-state index in [1.54, 1.807) is 6.07 Å². The highest BCUT2D eigenvalue weighted by Gasteiger charge is 2.20. The molecule has 0 radical (unpaired) electrons. The van der Waals surface area contributed by atoms with Crippen LogP contribution in [0.5, 0.6) is 5.75 Å². The van der Waals surface area contributed by atoms with Crippen molar-refractivity contribution in [2.45, 2.75) is 32.8 Å². The van der Waals surface area contributed by atoms with E-state index in [1.165, 1.54) is 12.1 Å². The largest absolute Gasteiger partial charge is 0.488 e. The molecule has 0 saturated carbocycles. The van der Waals surface area contributed by atoms with Gasteiger partial charge in [-0.3, -0.25) is 10.1 Å². The zero-order valence-corrected chi connectivity index (χ0v) is 14.5. The minimum absolute atomic E-state index is 0.00572. The Morgan fingerprint density at radius 1 is 1.33 bits per heavy atom. The van der Waals surface area contributed by atoms with Gasteiger partial charge in [0.2, 0.25) is 0 Å². The summed E-state index contributed by atoms with van der Waals surface area (Å²) < 4.78 is 5.77. The average molecular weight is 337 g/mol. The normalized spacial score (nSPS) is 15.8. The number of nitrogens with zero attached hydrogens (tertiary/aromatic N) is 3. The first-order valence-corrected chi connectivity index (χ1v) is 8.61. The monoisotopic (exact) mass is 337 g/mol. The molecule has 1 atom stereocenters. The van der Waals surface area contributed by atoms with Gasteiger partial charge >= 0.3 is 0 Å². The van der Waals surface area contributed by atoms with Gasteiger partial charge in [0.05, 0.1) is 16.7 Å². The summed E-state index contributed by atoms with van der Waals surface area (Å²) in [6.07, 6.45) is 1.60. The van der Waals surface area contributed by atoms with Crippen LogP contribution < -0.4 is 9.64 Å². The fraction of sp³-hybridized carbons (Fsp3) is 0.647. The second kappa shape index (κ2) is 8.84.